The molecule has 0 saturated heterocycles. The zero-order chi connectivity index (χ0) is 14.8. The summed E-state index contributed by atoms with van der Waals surface area (Å²) in [6.45, 7) is 0.0931. The number of aromatic nitrogens is 1. The number of hydrogen-bond acceptors (Lipinski definition) is 3. The van der Waals surface area contributed by atoms with Crippen molar-refractivity contribution in [2.75, 3.05) is 13.7 Å². The lowest BCUT2D eigenvalue weighted by atomic mass is 9.91. The summed E-state index contributed by atoms with van der Waals surface area (Å²) in [6, 6.07) is 8.00. The molecule has 5 nitrogen and oxygen atoms in total. The second-order valence-corrected chi connectivity index (χ2v) is 5.39. The number of ether oxygens (including phenoxy) is 1. The second kappa shape index (κ2) is 5.58. The van der Waals surface area contributed by atoms with Crippen LogP contribution < -0.4 is 5.32 Å². The predicted molar refractivity (Wildman–Crippen MR) is 78.8 cm³/mol. The number of H-pyrrole nitrogens is 1. The molecule has 5 heteroatoms. The van der Waals surface area contributed by atoms with Crippen molar-refractivity contribution in [3.63, 3.8) is 0 Å². The first-order valence-electron chi connectivity index (χ1n) is 7.03. The van der Waals surface area contributed by atoms with Gasteiger partial charge in [-0.1, -0.05) is 0 Å². The van der Waals surface area contributed by atoms with Gasteiger partial charge in [-0.2, -0.15) is 5.26 Å². The zero-order valence-corrected chi connectivity index (χ0v) is 11.9. The fourth-order valence-corrected chi connectivity index (χ4v) is 3.01. The number of aryl methyl sites for hydroxylation is 1. The minimum Gasteiger partial charge on any atom is -0.375 e. The van der Waals surface area contributed by atoms with Gasteiger partial charge in [0.05, 0.1) is 11.6 Å². The molecule has 108 valence electrons. The number of nitriles is 1. The summed E-state index contributed by atoms with van der Waals surface area (Å²) < 4.78 is 4.85. The van der Waals surface area contributed by atoms with Gasteiger partial charge in [0.1, 0.15) is 6.61 Å². The molecule has 1 aromatic heterocycles. The summed E-state index contributed by atoms with van der Waals surface area (Å²) in [5, 5.41) is 13.1. The molecule has 0 unspecified atom stereocenters. The predicted octanol–water partition coefficient (Wildman–Crippen LogP) is 1.66. The Morgan fingerprint density at radius 1 is 1.57 bits per heavy atom. The SMILES string of the molecule is COCC(=O)N[C@@H]1CCc2[nH]c3ccc(C#N)cc3c2C1. The van der Waals surface area contributed by atoms with Crippen LogP contribution in [0.3, 0.4) is 0 Å². The topological polar surface area (TPSA) is 77.9 Å². The number of benzene rings is 1. The maximum atomic E-state index is 11.6. The average Bonchev–Trinajstić information content (AvgIpc) is 2.84. The molecule has 0 spiro atoms. The average molecular weight is 283 g/mol. The van der Waals surface area contributed by atoms with E-state index in [1.165, 1.54) is 18.4 Å². The number of fused-ring (bicyclic) bond motifs is 3. The fraction of sp³-hybridized carbons (Fsp3) is 0.375. The first kappa shape index (κ1) is 13.7. The number of carbonyl (C=O) groups excluding carboxylic acids is 1. The van der Waals surface area contributed by atoms with Crippen LogP contribution in [0.1, 0.15) is 23.2 Å². The Balaban J connectivity index is 1.87. The number of hydrogen-bond donors (Lipinski definition) is 2. The summed E-state index contributed by atoms with van der Waals surface area (Å²) in [5.74, 6) is -0.0801. The molecular weight excluding hydrogens is 266 g/mol. The lowest BCUT2D eigenvalue weighted by Gasteiger charge is -2.23. The number of aromatic amines is 1. The van der Waals surface area contributed by atoms with Gasteiger partial charge in [-0.3, -0.25) is 4.79 Å². The molecule has 0 bridgehead atoms. The van der Waals surface area contributed by atoms with Crippen molar-refractivity contribution in [3.05, 3.63) is 35.0 Å². The molecule has 21 heavy (non-hydrogen) atoms. The molecule has 1 aromatic carbocycles. The molecule has 0 fully saturated rings. The Hall–Kier alpha value is -2.32. The van der Waals surface area contributed by atoms with Crippen LogP contribution >= 0.6 is 0 Å². The minimum atomic E-state index is -0.0801. The van der Waals surface area contributed by atoms with Crippen molar-refractivity contribution in [2.24, 2.45) is 0 Å². The standard InChI is InChI=1S/C16H17N3O2/c1-21-9-16(20)18-11-3-5-15-13(7-11)12-6-10(8-17)2-4-14(12)19-15/h2,4,6,11,19H,3,5,7,9H2,1H3,(H,18,20)/t11-/m1/s1. The summed E-state index contributed by atoms with van der Waals surface area (Å²) >= 11 is 0. The molecule has 0 aliphatic heterocycles. The summed E-state index contributed by atoms with van der Waals surface area (Å²) in [7, 11) is 1.52. The van der Waals surface area contributed by atoms with Gasteiger partial charge in [0.25, 0.3) is 0 Å². The van der Waals surface area contributed by atoms with Gasteiger partial charge in [0.2, 0.25) is 5.91 Å². The monoisotopic (exact) mass is 283 g/mol. The number of rotatable bonds is 3. The van der Waals surface area contributed by atoms with Gasteiger partial charge in [-0.05, 0) is 43.0 Å². The fourth-order valence-electron chi connectivity index (χ4n) is 3.01. The van der Waals surface area contributed by atoms with E-state index >= 15 is 0 Å². The number of carbonyl (C=O) groups is 1. The molecule has 1 atom stereocenters. The highest BCUT2D eigenvalue weighted by Gasteiger charge is 2.23. The van der Waals surface area contributed by atoms with Crippen molar-refractivity contribution in [2.45, 2.75) is 25.3 Å². The van der Waals surface area contributed by atoms with Crippen molar-refractivity contribution in [3.8, 4) is 6.07 Å². The van der Waals surface area contributed by atoms with E-state index in [2.05, 4.69) is 16.4 Å². The van der Waals surface area contributed by atoms with Gasteiger partial charge < -0.3 is 15.0 Å². The third-order valence-electron chi connectivity index (χ3n) is 3.96. The molecule has 3 rings (SSSR count). The smallest absolute Gasteiger partial charge is 0.246 e. The summed E-state index contributed by atoms with van der Waals surface area (Å²) in [5.41, 5.74) is 4.16. The molecule has 0 saturated carbocycles. The Morgan fingerprint density at radius 3 is 3.19 bits per heavy atom. The highest BCUT2D eigenvalue weighted by molar-refractivity contribution is 5.86. The van der Waals surface area contributed by atoms with Gasteiger partial charge in [0, 0.05) is 29.7 Å². The Morgan fingerprint density at radius 2 is 2.43 bits per heavy atom. The maximum absolute atomic E-state index is 11.6. The Bertz CT molecular complexity index is 727. The highest BCUT2D eigenvalue weighted by atomic mass is 16.5. The number of nitrogens with zero attached hydrogens (tertiary/aromatic N) is 1. The van der Waals surface area contributed by atoms with Gasteiger partial charge in [-0.15, -0.1) is 0 Å². The van der Waals surface area contributed by atoms with E-state index in [0.29, 0.717) is 5.56 Å². The summed E-state index contributed by atoms with van der Waals surface area (Å²) in [4.78, 5) is 15.1. The van der Waals surface area contributed by atoms with Crippen LogP contribution in [0, 0.1) is 11.3 Å². The van der Waals surface area contributed by atoms with E-state index < -0.39 is 0 Å². The quantitative estimate of drug-likeness (QED) is 0.899. The third kappa shape index (κ3) is 2.63. The molecule has 1 aliphatic carbocycles. The number of methoxy groups -OCH3 is 1. The van der Waals surface area contributed by atoms with Crippen molar-refractivity contribution < 1.29 is 9.53 Å². The van der Waals surface area contributed by atoms with Crippen molar-refractivity contribution in [1.29, 1.82) is 5.26 Å². The summed E-state index contributed by atoms with van der Waals surface area (Å²) in [6.07, 6.45) is 2.61. The van der Waals surface area contributed by atoms with Crippen LogP contribution in [0.25, 0.3) is 10.9 Å². The first-order valence-corrected chi connectivity index (χ1v) is 7.03. The zero-order valence-electron chi connectivity index (χ0n) is 11.9. The lowest BCUT2D eigenvalue weighted by Crippen LogP contribution is -2.40. The van der Waals surface area contributed by atoms with Gasteiger partial charge in [-0.25, -0.2) is 0 Å². The van der Waals surface area contributed by atoms with Gasteiger partial charge in [0.15, 0.2) is 0 Å². The molecule has 2 N–H and O–H groups in total. The molecule has 1 aliphatic rings. The molecule has 0 radical (unpaired) electrons. The van der Waals surface area contributed by atoms with E-state index in [1.807, 2.05) is 18.2 Å². The molecule has 1 heterocycles. The van der Waals surface area contributed by atoms with E-state index in [1.54, 1.807) is 0 Å². The molecule has 1 amide bonds. The minimum absolute atomic E-state index is 0.0801. The van der Waals surface area contributed by atoms with Crippen LogP contribution in [0.15, 0.2) is 18.2 Å². The van der Waals surface area contributed by atoms with E-state index in [-0.39, 0.29) is 18.6 Å². The van der Waals surface area contributed by atoms with Crippen LogP contribution in [0.2, 0.25) is 0 Å². The largest absolute Gasteiger partial charge is 0.375 e. The van der Waals surface area contributed by atoms with E-state index in [0.717, 1.165) is 30.2 Å². The second-order valence-electron chi connectivity index (χ2n) is 5.39. The number of nitrogens with one attached hydrogen (secondary N) is 2. The normalized spacial score (nSPS) is 17.2. The van der Waals surface area contributed by atoms with Crippen LogP contribution in [0.4, 0.5) is 0 Å². The number of amides is 1. The van der Waals surface area contributed by atoms with E-state index in [9.17, 15) is 4.79 Å². The van der Waals surface area contributed by atoms with Crippen LogP contribution in [-0.4, -0.2) is 30.6 Å². The van der Waals surface area contributed by atoms with Crippen LogP contribution in [0.5, 0.6) is 0 Å². The van der Waals surface area contributed by atoms with Gasteiger partial charge >= 0.3 is 0 Å². The Kier molecular flexibility index (Phi) is 3.63. The third-order valence-corrected chi connectivity index (χ3v) is 3.96. The highest BCUT2D eigenvalue weighted by Crippen LogP contribution is 2.29. The first-order chi connectivity index (χ1) is 10.2. The van der Waals surface area contributed by atoms with E-state index in [4.69, 9.17) is 10.00 Å². The van der Waals surface area contributed by atoms with Crippen LogP contribution in [-0.2, 0) is 22.4 Å². The van der Waals surface area contributed by atoms with Crippen molar-refractivity contribution in [1.82, 2.24) is 10.3 Å². The molecule has 2 aromatic rings. The van der Waals surface area contributed by atoms with Crippen molar-refractivity contribution >= 4 is 16.8 Å². The maximum Gasteiger partial charge on any atom is 0.246 e. The molecular formula is C16H17N3O2. The lowest BCUT2D eigenvalue weighted by molar-refractivity contribution is -0.125. The Labute approximate surface area is 122 Å².